The van der Waals surface area contributed by atoms with Crippen molar-refractivity contribution < 1.29 is 31.9 Å². The molecule has 1 atom stereocenters. The summed E-state index contributed by atoms with van der Waals surface area (Å²) < 4.78 is 52.7. The number of halogens is 3. The van der Waals surface area contributed by atoms with Crippen molar-refractivity contribution >= 4 is 33.9 Å². The summed E-state index contributed by atoms with van der Waals surface area (Å²) in [4.78, 5) is 31.4. The molecule has 4 aromatic rings. The van der Waals surface area contributed by atoms with Gasteiger partial charge in [-0.25, -0.2) is 14.3 Å². The molecule has 0 fully saturated rings. The lowest BCUT2D eigenvalue weighted by Gasteiger charge is -2.33. The number of fused-ring (bicyclic) bond motifs is 2. The molecule has 0 aromatic carbocycles. The molecule has 0 spiro atoms. The molecule has 12 heteroatoms. The van der Waals surface area contributed by atoms with E-state index in [1.165, 1.54) is 35.8 Å². The zero-order valence-corrected chi connectivity index (χ0v) is 22.6. The van der Waals surface area contributed by atoms with Gasteiger partial charge in [0.2, 0.25) is 0 Å². The van der Waals surface area contributed by atoms with E-state index in [4.69, 9.17) is 9.15 Å². The fraction of sp³-hybridized carbons (Fsp3) is 0.407. The number of hydrogen-bond donors (Lipinski definition) is 1. The molecule has 0 aliphatic heterocycles. The Balaban J connectivity index is 1.52. The van der Waals surface area contributed by atoms with Crippen LogP contribution in [-0.2, 0) is 23.8 Å². The van der Waals surface area contributed by atoms with E-state index in [0.29, 0.717) is 27.4 Å². The average Bonchev–Trinajstić information content (AvgIpc) is 3.59. The molecule has 1 aliphatic carbocycles. The predicted molar refractivity (Wildman–Crippen MR) is 139 cm³/mol. The molecule has 5 rings (SSSR count). The van der Waals surface area contributed by atoms with Gasteiger partial charge in [-0.05, 0) is 61.3 Å². The Morgan fingerprint density at radius 1 is 1.26 bits per heavy atom. The highest BCUT2D eigenvalue weighted by Gasteiger charge is 2.37. The molecule has 39 heavy (non-hydrogen) atoms. The van der Waals surface area contributed by atoms with E-state index >= 15 is 0 Å². The summed E-state index contributed by atoms with van der Waals surface area (Å²) in [5.74, 6) is -0.758. The number of furan rings is 1. The van der Waals surface area contributed by atoms with Crippen molar-refractivity contribution in [2.75, 3.05) is 11.9 Å². The van der Waals surface area contributed by atoms with Crippen LogP contribution in [-0.4, -0.2) is 33.1 Å². The van der Waals surface area contributed by atoms with Crippen LogP contribution < -0.4 is 5.32 Å². The summed E-state index contributed by atoms with van der Waals surface area (Å²) in [6.07, 6.45) is -1.12. The maximum Gasteiger partial charge on any atom is 0.433 e. The molecule has 0 bridgehead atoms. The van der Waals surface area contributed by atoms with Crippen LogP contribution in [0.4, 0.5) is 18.2 Å². The minimum absolute atomic E-state index is 0.0457. The van der Waals surface area contributed by atoms with Crippen molar-refractivity contribution in [2.24, 2.45) is 11.3 Å². The van der Waals surface area contributed by atoms with E-state index in [1.54, 1.807) is 6.92 Å². The van der Waals surface area contributed by atoms with Crippen molar-refractivity contribution in [2.45, 2.75) is 53.1 Å². The third-order valence-corrected chi connectivity index (χ3v) is 8.09. The number of rotatable bonds is 5. The zero-order valence-electron chi connectivity index (χ0n) is 21.8. The van der Waals surface area contributed by atoms with Crippen LogP contribution in [0.1, 0.15) is 71.1 Å². The first kappa shape index (κ1) is 26.9. The minimum atomic E-state index is -4.77. The second-order valence-corrected chi connectivity index (χ2v) is 11.6. The van der Waals surface area contributed by atoms with Crippen LogP contribution in [0.3, 0.4) is 0 Å². The molecule has 4 aromatic heterocycles. The molecule has 8 nitrogen and oxygen atoms in total. The Bertz CT molecular complexity index is 1550. The number of thiophene rings is 1. The number of carbonyl (C=O) groups excluding carboxylic acids is 2. The Labute approximate surface area is 226 Å². The van der Waals surface area contributed by atoms with E-state index in [2.05, 4.69) is 36.2 Å². The number of nitrogens with zero attached hydrogens (tertiary/aromatic N) is 3. The highest BCUT2D eigenvalue weighted by atomic mass is 32.1. The summed E-state index contributed by atoms with van der Waals surface area (Å²) >= 11 is 1.30. The topological polar surface area (TPSA) is 98.7 Å². The minimum Gasteiger partial charge on any atom is -0.463 e. The molecule has 1 amide bonds. The SMILES string of the molecule is CCOC(=O)c1c(NC(=O)c2cc3nc(-c4ccco4)cc(C(F)(F)F)n3n2)sc2c1CCC(C(C)(C)C)C2. The van der Waals surface area contributed by atoms with E-state index < -0.39 is 23.7 Å². The van der Waals surface area contributed by atoms with Crippen LogP contribution in [0, 0.1) is 11.3 Å². The number of alkyl halides is 3. The molecule has 0 radical (unpaired) electrons. The van der Waals surface area contributed by atoms with Crippen LogP contribution in [0.2, 0.25) is 0 Å². The molecule has 0 saturated carbocycles. The van der Waals surface area contributed by atoms with Gasteiger partial charge >= 0.3 is 12.1 Å². The third kappa shape index (κ3) is 5.17. The fourth-order valence-corrected chi connectivity index (χ4v) is 6.15. The summed E-state index contributed by atoms with van der Waals surface area (Å²) in [6.45, 7) is 8.39. The second-order valence-electron chi connectivity index (χ2n) is 10.5. The number of esters is 1. The Morgan fingerprint density at radius 3 is 2.67 bits per heavy atom. The molecule has 1 N–H and O–H groups in total. The molecule has 1 aliphatic rings. The van der Waals surface area contributed by atoms with Gasteiger partial charge in [0.25, 0.3) is 5.91 Å². The monoisotopic (exact) mass is 560 g/mol. The number of hydrogen-bond acceptors (Lipinski definition) is 7. The lowest BCUT2D eigenvalue weighted by Crippen LogP contribution is -2.26. The van der Waals surface area contributed by atoms with Gasteiger partial charge in [-0.2, -0.15) is 18.3 Å². The number of aromatic nitrogens is 3. The quantitative estimate of drug-likeness (QED) is 0.275. The van der Waals surface area contributed by atoms with E-state index in [9.17, 15) is 22.8 Å². The number of amides is 1. The molecular formula is C27H27F3N4O4S. The second kappa shape index (κ2) is 9.82. The van der Waals surface area contributed by atoms with Gasteiger partial charge in [0.15, 0.2) is 22.8 Å². The lowest BCUT2D eigenvalue weighted by molar-refractivity contribution is -0.142. The van der Waals surface area contributed by atoms with E-state index in [0.717, 1.165) is 29.3 Å². The van der Waals surface area contributed by atoms with Crippen LogP contribution in [0.15, 0.2) is 34.9 Å². The van der Waals surface area contributed by atoms with Gasteiger partial charge < -0.3 is 14.5 Å². The highest BCUT2D eigenvalue weighted by Crippen LogP contribution is 2.44. The van der Waals surface area contributed by atoms with Gasteiger partial charge in [0, 0.05) is 10.9 Å². The Morgan fingerprint density at radius 2 is 2.03 bits per heavy atom. The van der Waals surface area contributed by atoms with Gasteiger partial charge in [-0.1, -0.05) is 20.8 Å². The number of ether oxygens (including phenoxy) is 1. The van der Waals surface area contributed by atoms with Gasteiger partial charge in [0.05, 0.1) is 18.4 Å². The standard InChI is InChI=1S/C27H27F3N4O4S/c1-5-37-25(36)22-15-9-8-14(26(2,3)4)11-19(15)39-24(22)32-23(35)17-13-21-31-16(18-7-6-10-38-18)12-20(27(28,29)30)34(21)33-17/h6-7,10,12-14H,5,8-9,11H2,1-4H3,(H,32,35). The molecule has 206 valence electrons. The van der Waals surface area contributed by atoms with Crippen LogP contribution in [0.5, 0.6) is 0 Å². The zero-order chi connectivity index (χ0) is 28.1. The van der Waals surface area contributed by atoms with Crippen molar-refractivity contribution in [3.05, 3.63) is 57.9 Å². The van der Waals surface area contributed by atoms with Gasteiger partial charge in [0.1, 0.15) is 10.7 Å². The van der Waals surface area contributed by atoms with Crippen LogP contribution >= 0.6 is 11.3 Å². The summed E-state index contributed by atoms with van der Waals surface area (Å²) in [5.41, 5.74) is -0.378. The lowest BCUT2D eigenvalue weighted by atomic mass is 9.72. The Hall–Kier alpha value is -3.67. The third-order valence-electron chi connectivity index (χ3n) is 6.92. The van der Waals surface area contributed by atoms with Crippen molar-refractivity contribution in [3.8, 4) is 11.5 Å². The van der Waals surface area contributed by atoms with Gasteiger partial charge in [-0.15, -0.1) is 11.3 Å². The number of carbonyl (C=O) groups is 2. The molecule has 1 unspecified atom stereocenters. The first-order valence-corrected chi connectivity index (χ1v) is 13.3. The van der Waals surface area contributed by atoms with Crippen molar-refractivity contribution in [1.82, 2.24) is 14.6 Å². The average molecular weight is 561 g/mol. The van der Waals surface area contributed by atoms with E-state index in [-0.39, 0.29) is 34.8 Å². The number of nitrogens with one attached hydrogen (secondary N) is 1. The normalized spacial score (nSPS) is 15.8. The van der Waals surface area contributed by atoms with Gasteiger partial charge in [-0.3, -0.25) is 4.79 Å². The first-order chi connectivity index (χ1) is 18.4. The summed E-state index contributed by atoms with van der Waals surface area (Å²) in [6, 6.07) is 5.01. The maximum absolute atomic E-state index is 13.9. The van der Waals surface area contributed by atoms with Crippen molar-refractivity contribution in [3.63, 3.8) is 0 Å². The smallest absolute Gasteiger partial charge is 0.433 e. The van der Waals surface area contributed by atoms with Crippen molar-refractivity contribution in [1.29, 1.82) is 0 Å². The molecule has 0 saturated heterocycles. The fourth-order valence-electron chi connectivity index (χ4n) is 4.84. The highest BCUT2D eigenvalue weighted by molar-refractivity contribution is 7.17. The number of anilines is 1. The summed E-state index contributed by atoms with van der Waals surface area (Å²) in [7, 11) is 0. The van der Waals surface area contributed by atoms with Crippen LogP contribution in [0.25, 0.3) is 17.1 Å². The molecular weight excluding hydrogens is 533 g/mol. The predicted octanol–water partition coefficient (Wildman–Crippen LogP) is 6.65. The summed E-state index contributed by atoms with van der Waals surface area (Å²) in [5, 5.41) is 6.93. The Kier molecular flexibility index (Phi) is 6.78. The maximum atomic E-state index is 13.9. The largest absolute Gasteiger partial charge is 0.463 e. The van der Waals surface area contributed by atoms with E-state index in [1.807, 2.05) is 0 Å². The molecule has 4 heterocycles. The first-order valence-electron chi connectivity index (χ1n) is 12.5.